The predicted molar refractivity (Wildman–Crippen MR) is 113 cm³/mol. The van der Waals surface area contributed by atoms with Gasteiger partial charge in [0, 0.05) is 18.8 Å². The molecule has 4 nitrogen and oxygen atoms in total. The zero-order valence-electron chi connectivity index (χ0n) is 17.2. The molecule has 3 rings (SSSR count). The summed E-state index contributed by atoms with van der Waals surface area (Å²) in [5.74, 6) is -0.399. The first-order valence-electron chi connectivity index (χ1n) is 10.0. The highest BCUT2D eigenvalue weighted by molar-refractivity contribution is 5.99. The van der Waals surface area contributed by atoms with Crippen molar-refractivity contribution in [3.63, 3.8) is 0 Å². The highest BCUT2D eigenvalue weighted by atomic mass is 16.2. The molecule has 28 heavy (non-hydrogen) atoms. The Morgan fingerprint density at radius 1 is 1.00 bits per heavy atom. The summed E-state index contributed by atoms with van der Waals surface area (Å²) in [5.41, 5.74) is 3.20. The number of anilines is 1. The maximum absolute atomic E-state index is 12.8. The van der Waals surface area contributed by atoms with Crippen molar-refractivity contribution in [1.82, 2.24) is 4.90 Å². The van der Waals surface area contributed by atoms with Crippen LogP contribution >= 0.6 is 0 Å². The fraction of sp³-hybridized carbons (Fsp3) is 0.417. The zero-order chi connectivity index (χ0) is 20.3. The van der Waals surface area contributed by atoms with E-state index in [1.165, 1.54) is 5.56 Å². The van der Waals surface area contributed by atoms with Crippen LogP contribution in [-0.4, -0.2) is 23.3 Å². The van der Waals surface area contributed by atoms with Crippen LogP contribution < -0.4 is 5.32 Å². The van der Waals surface area contributed by atoms with Gasteiger partial charge in [0.2, 0.25) is 11.8 Å². The van der Waals surface area contributed by atoms with Gasteiger partial charge in [-0.25, -0.2) is 0 Å². The van der Waals surface area contributed by atoms with Gasteiger partial charge in [-0.15, -0.1) is 0 Å². The minimum absolute atomic E-state index is 0.0578. The number of benzene rings is 2. The molecule has 0 spiro atoms. The first-order valence-corrected chi connectivity index (χ1v) is 10.0. The Labute approximate surface area is 167 Å². The number of carbonyl (C=O) groups is 2. The smallest absolute Gasteiger partial charge is 0.228 e. The molecule has 1 N–H and O–H groups in total. The van der Waals surface area contributed by atoms with Gasteiger partial charge in [0.05, 0.1) is 11.8 Å². The summed E-state index contributed by atoms with van der Waals surface area (Å²) >= 11 is 0. The molecular weight excluding hydrogens is 348 g/mol. The van der Waals surface area contributed by atoms with Gasteiger partial charge in [-0.1, -0.05) is 63.2 Å². The first kappa shape index (κ1) is 20.1. The minimum Gasteiger partial charge on any atom is -0.338 e. The van der Waals surface area contributed by atoms with Crippen LogP contribution in [0.2, 0.25) is 0 Å². The quantitative estimate of drug-likeness (QED) is 0.798. The average molecular weight is 379 g/mol. The van der Waals surface area contributed by atoms with Crippen LogP contribution in [0.15, 0.2) is 54.6 Å². The highest BCUT2D eigenvalue weighted by Crippen LogP contribution is 2.41. The molecule has 2 unspecified atom stereocenters. The van der Waals surface area contributed by atoms with Crippen LogP contribution in [0.4, 0.5) is 5.69 Å². The molecule has 4 heteroatoms. The molecule has 0 heterocycles. The summed E-state index contributed by atoms with van der Waals surface area (Å²) in [4.78, 5) is 27.2. The van der Waals surface area contributed by atoms with E-state index in [4.69, 9.17) is 0 Å². The molecular formula is C24H30N2O2. The van der Waals surface area contributed by atoms with Crippen molar-refractivity contribution >= 4 is 17.5 Å². The summed E-state index contributed by atoms with van der Waals surface area (Å²) < 4.78 is 0. The molecule has 1 saturated carbocycles. The third-order valence-corrected chi connectivity index (χ3v) is 5.37. The summed E-state index contributed by atoms with van der Waals surface area (Å²) in [6, 6.07) is 17.9. The van der Waals surface area contributed by atoms with Crippen LogP contribution in [0.3, 0.4) is 0 Å². The highest BCUT2D eigenvalue weighted by Gasteiger charge is 2.49. The van der Waals surface area contributed by atoms with E-state index >= 15 is 0 Å². The Hall–Kier alpha value is -2.62. The molecule has 1 aliphatic rings. The molecule has 2 aromatic rings. The van der Waals surface area contributed by atoms with E-state index in [0.29, 0.717) is 19.5 Å². The maximum Gasteiger partial charge on any atom is 0.228 e. The normalized spacial score (nSPS) is 18.4. The van der Waals surface area contributed by atoms with Crippen molar-refractivity contribution in [3.8, 4) is 0 Å². The summed E-state index contributed by atoms with van der Waals surface area (Å²) in [7, 11) is 0. The molecule has 2 amide bonds. The van der Waals surface area contributed by atoms with Crippen molar-refractivity contribution in [2.24, 2.45) is 11.8 Å². The number of hydrogen-bond acceptors (Lipinski definition) is 2. The third kappa shape index (κ3) is 4.80. The third-order valence-electron chi connectivity index (χ3n) is 5.37. The Morgan fingerprint density at radius 2 is 1.64 bits per heavy atom. The molecule has 0 saturated heterocycles. The van der Waals surface area contributed by atoms with Gasteiger partial charge in [-0.05, 0) is 42.0 Å². The molecule has 0 aromatic heterocycles. The average Bonchev–Trinajstić information content (AvgIpc) is 3.47. The molecule has 2 atom stereocenters. The standard InChI is InChI=1S/C24H30N2O2/c1-5-26(16-17-9-7-6-8-10-17)23(28)21-15-20(21)22(27)25-19-13-11-18(12-14-19)24(2,3)4/h6-14,20-21H,5,15-16H2,1-4H3,(H,25,27). The molecule has 1 fully saturated rings. The van der Waals surface area contributed by atoms with Gasteiger partial charge in [-0.2, -0.15) is 0 Å². The predicted octanol–water partition coefficient (Wildman–Crippen LogP) is 4.61. The van der Waals surface area contributed by atoms with Gasteiger partial charge >= 0.3 is 0 Å². The molecule has 148 valence electrons. The Morgan fingerprint density at radius 3 is 2.21 bits per heavy atom. The number of carbonyl (C=O) groups excluding carboxylic acids is 2. The van der Waals surface area contributed by atoms with E-state index < -0.39 is 0 Å². The molecule has 2 aromatic carbocycles. The summed E-state index contributed by atoms with van der Waals surface area (Å²) in [6.45, 7) is 9.71. The van der Waals surface area contributed by atoms with E-state index in [0.717, 1.165) is 11.3 Å². The molecule has 0 aliphatic heterocycles. The van der Waals surface area contributed by atoms with Gasteiger partial charge < -0.3 is 10.2 Å². The van der Waals surface area contributed by atoms with E-state index in [9.17, 15) is 9.59 Å². The number of hydrogen-bond donors (Lipinski definition) is 1. The van der Waals surface area contributed by atoms with Crippen LogP contribution in [-0.2, 0) is 21.5 Å². The number of nitrogens with one attached hydrogen (secondary N) is 1. The van der Waals surface area contributed by atoms with Crippen LogP contribution in [0.5, 0.6) is 0 Å². The largest absolute Gasteiger partial charge is 0.338 e. The van der Waals surface area contributed by atoms with E-state index in [1.807, 2.05) is 66.4 Å². The number of amides is 2. The fourth-order valence-electron chi connectivity index (χ4n) is 3.43. The lowest BCUT2D eigenvalue weighted by atomic mass is 9.87. The summed E-state index contributed by atoms with van der Waals surface area (Å²) in [6.07, 6.45) is 0.635. The minimum atomic E-state index is -0.223. The van der Waals surface area contributed by atoms with Crippen molar-refractivity contribution in [2.45, 2.75) is 46.1 Å². The van der Waals surface area contributed by atoms with Crippen molar-refractivity contribution < 1.29 is 9.59 Å². The second-order valence-electron chi connectivity index (χ2n) is 8.60. The lowest BCUT2D eigenvalue weighted by Gasteiger charge is -2.21. The molecule has 0 bridgehead atoms. The maximum atomic E-state index is 12.8. The van der Waals surface area contributed by atoms with Gasteiger partial charge in [0.15, 0.2) is 0 Å². The fourth-order valence-corrected chi connectivity index (χ4v) is 3.43. The van der Waals surface area contributed by atoms with Crippen molar-refractivity contribution in [3.05, 3.63) is 65.7 Å². The van der Waals surface area contributed by atoms with Crippen molar-refractivity contribution in [2.75, 3.05) is 11.9 Å². The second kappa shape index (κ2) is 8.17. The zero-order valence-corrected chi connectivity index (χ0v) is 17.2. The summed E-state index contributed by atoms with van der Waals surface area (Å²) in [5, 5.41) is 2.96. The number of nitrogens with zero attached hydrogens (tertiary/aromatic N) is 1. The topological polar surface area (TPSA) is 49.4 Å². The van der Waals surface area contributed by atoms with E-state index in [-0.39, 0.29) is 29.1 Å². The van der Waals surface area contributed by atoms with Crippen LogP contribution in [0.25, 0.3) is 0 Å². The molecule has 0 radical (unpaired) electrons. The monoisotopic (exact) mass is 378 g/mol. The SMILES string of the molecule is CCN(Cc1ccccc1)C(=O)C1CC1C(=O)Nc1ccc(C(C)(C)C)cc1. The van der Waals surface area contributed by atoms with E-state index in [2.05, 4.69) is 26.1 Å². The van der Waals surface area contributed by atoms with Crippen LogP contribution in [0, 0.1) is 11.8 Å². The van der Waals surface area contributed by atoms with E-state index in [1.54, 1.807) is 0 Å². The second-order valence-corrected chi connectivity index (χ2v) is 8.60. The Balaban J connectivity index is 1.56. The number of rotatable bonds is 6. The van der Waals surface area contributed by atoms with Crippen LogP contribution in [0.1, 0.15) is 45.2 Å². The Bertz CT molecular complexity index is 822. The van der Waals surface area contributed by atoms with Gasteiger partial charge in [0.25, 0.3) is 0 Å². The lowest BCUT2D eigenvalue weighted by Crippen LogP contribution is -2.33. The first-order chi connectivity index (χ1) is 13.3. The van der Waals surface area contributed by atoms with Gasteiger partial charge in [0.1, 0.15) is 0 Å². The molecule has 1 aliphatic carbocycles. The van der Waals surface area contributed by atoms with Crippen molar-refractivity contribution in [1.29, 1.82) is 0 Å². The Kier molecular flexibility index (Phi) is 5.87. The lowest BCUT2D eigenvalue weighted by molar-refractivity contribution is -0.134. The van der Waals surface area contributed by atoms with Gasteiger partial charge in [-0.3, -0.25) is 9.59 Å².